The van der Waals surface area contributed by atoms with Crippen LogP contribution >= 0.6 is 0 Å². The number of nitrogens with zero attached hydrogens (tertiary/aromatic N) is 1. The molecule has 0 saturated carbocycles. The van der Waals surface area contributed by atoms with E-state index in [2.05, 4.69) is 4.98 Å². The van der Waals surface area contributed by atoms with Crippen LogP contribution in [0.4, 0.5) is 0 Å². The Morgan fingerprint density at radius 2 is 2.10 bits per heavy atom. The standard InChI is InChI=1S/C15H18N2O4/c1-3-4-5-9(2)17-12-8-10(15(20)21)6-7-11(12)16-13(18)14(17)19/h6-9H,3-5H2,1-2H3,(H,16,18)(H,20,21). The van der Waals surface area contributed by atoms with Crippen molar-refractivity contribution in [2.45, 2.75) is 39.2 Å². The highest BCUT2D eigenvalue weighted by molar-refractivity contribution is 5.92. The van der Waals surface area contributed by atoms with Crippen molar-refractivity contribution in [2.24, 2.45) is 0 Å². The van der Waals surface area contributed by atoms with E-state index < -0.39 is 17.1 Å². The van der Waals surface area contributed by atoms with Crippen molar-refractivity contribution in [2.75, 3.05) is 0 Å². The van der Waals surface area contributed by atoms with Gasteiger partial charge in [0.25, 0.3) is 0 Å². The van der Waals surface area contributed by atoms with E-state index in [1.807, 2.05) is 13.8 Å². The molecular weight excluding hydrogens is 272 g/mol. The zero-order valence-corrected chi connectivity index (χ0v) is 12.0. The largest absolute Gasteiger partial charge is 0.478 e. The summed E-state index contributed by atoms with van der Waals surface area (Å²) in [6, 6.07) is 4.19. The van der Waals surface area contributed by atoms with Gasteiger partial charge >= 0.3 is 17.1 Å². The van der Waals surface area contributed by atoms with Crippen molar-refractivity contribution in [1.29, 1.82) is 0 Å². The lowest BCUT2D eigenvalue weighted by molar-refractivity contribution is 0.0697. The topological polar surface area (TPSA) is 92.2 Å². The molecule has 0 aliphatic heterocycles. The van der Waals surface area contributed by atoms with Gasteiger partial charge in [-0.1, -0.05) is 19.8 Å². The van der Waals surface area contributed by atoms with Crippen LogP contribution in [-0.4, -0.2) is 20.6 Å². The first-order valence-corrected chi connectivity index (χ1v) is 6.97. The summed E-state index contributed by atoms with van der Waals surface area (Å²) in [6.07, 6.45) is 2.67. The molecule has 6 heteroatoms. The predicted octanol–water partition coefficient (Wildman–Crippen LogP) is 2.14. The average Bonchev–Trinajstić information content (AvgIpc) is 2.45. The normalized spacial score (nSPS) is 12.5. The Kier molecular flexibility index (Phi) is 4.26. The maximum atomic E-state index is 12.1. The van der Waals surface area contributed by atoms with Crippen molar-refractivity contribution in [3.05, 3.63) is 44.5 Å². The smallest absolute Gasteiger partial charge is 0.335 e. The second-order valence-electron chi connectivity index (χ2n) is 5.16. The lowest BCUT2D eigenvalue weighted by Crippen LogP contribution is -2.37. The van der Waals surface area contributed by atoms with E-state index >= 15 is 0 Å². The van der Waals surface area contributed by atoms with E-state index in [0.29, 0.717) is 11.0 Å². The molecule has 2 aromatic rings. The summed E-state index contributed by atoms with van der Waals surface area (Å²) in [5, 5.41) is 9.08. The highest BCUT2D eigenvalue weighted by atomic mass is 16.4. The van der Waals surface area contributed by atoms with E-state index in [0.717, 1.165) is 19.3 Å². The molecule has 6 nitrogen and oxygen atoms in total. The molecule has 0 radical (unpaired) electrons. The number of H-pyrrole nitrogens is 1. The number of carbonyl (C=O) groups is 1. The molecule has 0 aliphatic carbocycles. The number of fused-ring (bicyclic) bond motifs is 1. The molecule has 1 atom stereocenters. The van der Waals surface area contributed by atoms with Gasteiger partial charge in [0.05, 0.1) is 16.6 Å². The number of rotatable bonds is 5. The van der Waals surface area contributed by atoms with Crippen molar-refractivity contribution in [1.82, 2.24) is 9.55 Å². The summed E-state index contributed by atoms with van der Waals surface area (Å²) in [6.45, 7) is 3.91. The quantitative estimate of drug-likeness (QED) is 0.825. The minimum absolute atomic E-state index is 0.0883. The fourth-order valence-corrected chi connectivity index (χ4v) is 2.43. The molecule has 112 valence electrons. The van der Waals surface area contributed by atoms with E-state index in [-0.39, 0.29) is 11.6 Å². The van der Waals surface area contributed by atoms with Gasteiger partial charge in [-0.05, 0) is 31.5 Å². The van der Waals surface area contributed by atoms with E-state index in [1.54, 1.807) is 0 Å². The summed E-state index contributed by atoms with van der Waals surface area (Å²) in [7, 11) is 0. The number of aromatic amines is 1. The minimum atomic E-state index is -1.07. The van der Waals surface area contributed by atoms with Gasteiger partial charge in [-0.2, -0.15) is 0 Å². The van der Waals surface area contributed by atoms with Crippen molar-refractivity contribution < 1.29 is 9.90 Å². The van der Waals surface area contributed by atoms with Crippen LogP contribution < -0.4 is 11.1 Å². The number of aromatic nitrogens is 2. The number of carboxylic acids is 1. The highest BCUT2D eigenvalue weighted by Gasteiger charge is 2.15. The number of unbranched alkanes of at least 4 members (excludes halogenated alkanes) is 1. The zero-order valence-electron chi connectivity index (χ0n) is 12.0. The molecule has 0 fully saturated rings. The first-order valence-electron chi connectivity index (χ1n) is 6.97. The van der Waals surface area contributed by atoms with Gasteiger partial charge in [-0.3, -0.25) is 14.2 Å². The lowest BCUT2D eigenvalue weighted by atomic mass is 10.1. The molecule has 1 heterocycles. The molecule has 0 spiro atoms. The summed E-state index contributed by atoms with van der Waals surface area (Å²) >= 11 is 0. The molecule has 1 aromatic heterocycles. The SMILES string of the molecule is CCCCC(C)n1c(=O)c(=O)[nH]c2ccc(C(=O)O)cc21. The minimum Gasteiger partial charge on any atom is -0.478 e. The summed E-state index contributed by atoms with van der Waals surface area (Å²) in [5.74, 6) is -1.07. The van der Waals surface area contributed by atoms with Crippen molar-refractivity contribution in [3.8, 4) is 0 Å². The zero-order chi connectivity index (χ0) is 15.6. The van der Waals surface area contributed by atoms with E-state index in [1.165, 1.54) is 22.8 Å². The van der Waals surface area contributed by atoms with Crippen LogP contribution in [0.3, 0.4) is 0 Å². The molecule has 0 amide bonds. The average molecular weight is 290 g/mol. The lowest BCUT2D eigenvalue weighted by Gasteiger charge is -2.17. The van der Waals surface area contributed by atoms with Gasteiger partial charge in [-0.25, -0.2) is 4.79 Å². The molecule has 2 N–H and O–H groups in total. The van der Waals surface area contributed by atoms with Crippen LogP contribution in [0.2, 0.25) is 0 Å². The van der Waals surface area contributed by atoms with Crippen molar-refractivity contribution in [3.63, 3.8) is 0 Å². The summed E-state index contributed by atoms with van der Waals surface area (Å²) in [5.41, 5.74) is -0.330. The number of hydrogen-bond acceptors (Lipinski definition) is 3. The Bertz CT molecular complexity index is 788. The van der Waals surface area contributed by atoms with E-state index in [9.17, 15) is 14.4 Å². The second-order valence-corrected chi connectivity index (χ2v) is 5.16. The third kappa shape index (κ3) is 2.89. The molecular formula is C15H18N2O4. The predicted molar refractivity (Wildman–Crippen MR) is 80.0 cm³/mol. The molecule has 1 aromatic carbocycles. The van der Waals surface area contributed by atoms with Crippen LogP contribution in [-0.2, 0) is 0 Å². The van der Waals surface area contributed by atoms with E-state index in [4.69, 9.17) is 5.11 Å². The third-order valence-corrected chi connectivity index (χ3v) is 3.58. The van der Waals surface area contributed by atoms with Crippen LogP contribution in [0, 0.1) is 0 Å². The molecule has 0 saturated heterocycles. The number of carboxylic acid groups (broad SMARTS) is 1. The highest BCUT2D eigenvalue weighted by Crippen LogP contribution is 2.19. The summed E-state index contributed by atoms with van der Waals surface area (Å²) < 4.78 is 1.40. The van der Waals surface area contributed by atoms with Gasteiger partial charge in [0.15, 0.2) is 0 Å². The van der Waals surface area contributed by atoms with Crippen molar-refractivity contribution >= 4 is 17.0 Å². The Morgan fingerprint density at radius 3 is 2.71 bits per heavy atom. The van der Waals surface area contributed by atoms with Gasteiger partial charge in [0.1, 0.15) is 0 Å². The Morgan fingerprint density at radius 1 is 1.38 bits per heavy atom. The Labute approximate surface area is 121 Å². The Balaban J connectivity index is 2.72. The maximum Gasteiger partial charge on any atom is 0.335 e. The van der Waals surface area contributed by atoms with Crippen LogP contribution in [0.1, 0.15) is 49.5 Å². The molecule has 0 aliphatic rings. The number of hydrogen-bond donors (Lipinski definition) is 2. The number of benzene rings is 1. The van der Waals surface area contributed by atoms with Gasteiger partial charge in [-0.15, -0.1) is 0 Å². The van der Waals surface area contributed by atoms with Gasteiger partial charge in [0.2, 0.25) is 0 Å². The Hall–Kier alpha value is -2.37. The fraction of sp³-hybridized carbons (Fsp3) is 0.400. The van der Waals surface area contributed by atoms with Gasteiger partial charge in [0, 0.05) is 6.04 Å². The first kappa shape index (κ1) is 15.0. The third-order valence-electron chi connectivity index (χ3n) is 3.58. The summed E-state index contributed by atoms with van der Waals surface area (Å²) in [4.78, 5) is 37.5. The van der Waals surface area contributed by atoms with Crippen LogP contribution in [0.25, 0.3) is 11.0 Å². The number of aromatic carboxylic acids is 1. The molecule has 0 bridgehead atoms. The first-order chi connectivity index (χ1) is 9.95. The van der Waals surface area contributed by atoms with Crippen LogP contribution in [0.15, 0.2) is 27.8 Å². The van der Waals surface area contributed by atoms with Gasteiger partial charge < -0.3 is 10.1 Å². The molecule has 1 unspecified atom stereocenters. The number of nitrogens with one attached hydrogen (secondary N) is 1. The fourth-order valence-electron chi connectivity index (χ4n) is 2.43. The molecule has 2 rings (SSSR count). The molecule has 21 heavy (non-hydrogen) atoms. The van der Waals surface area contributed by atoms with Crippen LogP contribution in [0.5, 0.6) is 0 Å². The maximum absolute atomic E-state index is 12.1. The monoisotopic (exact) mass is 290 g/mol. The second kappa shape index (κ2) is 5.95.